The van der Waals surface area contributed by atoms with E-state index in [0.29, 0.717) is 29.2 Å². The lowest BCUT2D eigenvalue weighted by Crippen LogP contribution is -2.62. The highest BCUT2D eigenvalue weighted by atomic mass is 16.5. The monoisotopic (exact) mass is 411 g/mol. The van der Waals surface area contributed by atoms with Gasteiger partial charge in [-0.25, -0.2) is 9.59 Å². The Morgan fingerprint density at radius 3 is 2.43 bits per heavy atom. The molecule has 2 aromatic rings. The average molecular weight is 411 g/mol. The number of carbonyl (C=O) groups is 3. The molecule has 2 aromatic heterocycles. The van der Waals surface area contributed by atoms with Gasteiger partial charge in [0.25, 0.3) is 5.91 Å². The fourth-order valence-corrected chi connectivity index (χ4v) is 6.04. The number of carbonyl (C=O) groups excluding carboxylic acids is 3. The lowest BCUT2D eigenvalue weighted by atomic mass is 9.53. The van der Waals surface area contributed by atoms with Crippen molar-refractivity contribution < 1.29 is 19.1 Å². The highest BCUT2D eigenvalue weighted by Gasteiger charge is 2.51. The van der Waals surface area contributed by atoms with Gasteiger partial charge in [0.1, 0.15) is 5.82 Å². The number of nitrogens with one attached hydrogen (secondary N) is 2. The van der Waals surface area contributed by atoms with Crippen molar-refractivity contribution in [2.24, 2.45) is 17.8 Å². The van der Waals surface area contributed by atoms with Crippen LogP contribution in [0.3, 0.4) is 0 Å². The summed E-state index contributed by atoms with van der Waals surface area (Å²) in [5.41, 5.74) is 0.710. The number of imide groups is 1. The number of hydrogen-bond donors (Lipinski definition) is 2. The van der Waals surface area contributed by atoms with E-state index in [1.165, 1.54) is 19.3 Å². The van der Waals surface area contributed by atoms with E-state index in [9.17, 15) is 14.4 Å². The van der Waals surface area contributed by atoms with Crippen LogP contribution in [0, 0.1) is 24.7 Å². The molecule has 4 aliphatic carbocycles. The minimum absolute atomic E-state index is 0.179. The lowest BCUT2D eigenvalue weighted by Gasteiger charge is -2.56. The molecule has 0 unspecified atom stereocenters. The Bertz CT molecular complexity index is 994. The molecule has 3 amide bonds. The van der Waals surface area contributed by atoms with Crippen LogP contribution in [0.4, 0.5) is 4.79 Å². The minimum atomic E-state index is -0.651. The van der Waals surface area contributed by atoms with Crippen molar-refractivity contribution in [1.29, 1.82) is 0 Å². The van der Waals surface area contributed by atoms with E-state index in [2.05, 4.69) is 20.8 Å². The van der Waals surface area contributed by atoms with E-state index in [1.807, 2.05) is 0 Å². The first kappa shape index (κ1) is 19.0. The van der Waals surface area contributed by atoms with Crippen molar-refractivity contribution in [2.75, 3.05) is 6.61 Å². The Morgan fingerprint density at radius 1 is 1.10 bits per heavy atom. The number of esters is 1. The van der Waals surface area contributed by atoms with Crippen molar-refractivity contribution in [3.8, 4) is 0 Å². The van der Waals surface area contributed by atoms with E-state index in [0.717, 1.165) is 19.3 Å². The Labute approximate surface area is 173 Å². The van der Waals surface area contributed by atoms with Crippen LogP contribution in [-0.2, 0) is 9.53 Å². The second kappa shape index (κ2) is 7.07. The second-order valence-corrected chi connectivity index (χ2v) is 9.17. The summed E-state index contributed by atoms with van der Waals surface area (Å²) < 4.78 is 6.73. The van der Waals surface area contributed by atoms with Crippen LogP contribution in [-0.4, -0.2) is 44.7 Å². The molecule has 9 heteroatoms. The number of fused-ring (bicyclic) bond motifs is 1. The first-order valence-electron chi connectivity index (χ1n) is 10.5. The van der Waals surface area contributed by atoms with Gasteiger partial charge in [-0.1, -0.05) is 0 Å². The quantitative estimate of drug-likeness (QED) is 0.744. The summed E-state index contributed by atoms with van der Waals surface area (Å²) in [6.45, 7) is 1.25. The third kappa shape index (κ3) is 3.53. The largest absolute Gasteiger partial charge is 0.452 e. The van der Waals surface area contributed by atoms with Crippen LogP contribution in [0.5, 0.6) is 0 Å². The van der Waals surface area contributed by atoms with E-state index >= 15 is 0 Å². The first-order valence-corrected chi connectivity index (χ1v) is 10.5. The molecule has 4 fully saturated rings. The van der Waals surface area contributed by atoms with Gasteiger partial charge in [0.15, 0.2) is 12.3 Å². The Morgan fingerprint density at radius 2 is 1.77 bits per heavy atom. The van der Waals surface area contributed by atoms with Gasteiger partial charge in [-0.2, -0.15) is 0 Å². The van der Waals surface area contributed by atoms with Crippen LogP contribution in [0.25, 0.3) is 5.65 Å². The standard InChI is InChI=1S/C21H25N5O4/c1-12-24-25-17-3-2-16(10-26(12)17)19(28)30-11-18(27)22-20(29)23-21-7-13-4-14(8-21)6-15(5-13)9-21/h2-3,10,13-15H,4-9,11H2,1H3,(H2,22,23,27,29). The molecule has 2 N–H and O–H groups in total. The summed E-state index contributed by atoms with van der Waals surface area (Å²) >= 11 is 0. The van der Waals surface area contributed by atoms with Gasteiger partial charge in [0, 0.05) is 11.7 Å². The molecule has 0 saturated heterocycles. The van der Waals surface area contributed by atoms with E-state index < -0.39 is 24.5 Å². The number of hydrogen-bond acceptors (Lipinski definition) is 6. The zero-order valence-corrected chi connectivity index (χ0v) is 16.9. The smallest absolute Gasteiger partial charge is 0.340 e. The zero-order chi connectivity index (χ0) is 20.9. The molecule has 0 atom stereocenters. The number of rotatable bonds is 4. The van der Waals surface area contributed by atoms with E-state index in [4.69, 9.17) is 4.74 Å². The van der Waals surface area contributed by atoms with Gasteiger partial charge in [0.2, 0.25) is 0 Å². The summed E-state index contributed by atoms with van der Waals surface area (Å²) in [4.78, 5) is 36.8. The van der Waals surface area contributed by atoms with Crippen LogP contribution >= 0.6 is 0 Å². The number of ether oxygens (including phenoxy) is 1. The highest BCUT2D eigenvalue weighted by molar-refractivity contribution is 5.97. The normalized spacial score (nSPS) is 29.0. The van der Waals surface area contributed by atoms with Gasteiger partial charge < -0.3 is 10.1 Å². The summed E-state index contributed by atoms with van der Waals surface area (Å²) in [5.74, 6) is 1.42. The van der Waals surface area contributed by atoms with Crippen molar-refractivity contribution in [3.05, 3.63) is 29.7 Å². The third-order valence-corrected chi connectivity index (χ3v) is 6.81. The van der Waals surface area contributed by atoms with Crippen molar-refractivity contribution >= 4 is 23.6 Å². The van der Waals surface area contributed by atoms with E-state index in [1.54, 1.807) is 29.7 Å². The van der Waals surface area contributed by atoms with Crippen LogP contribution in [0.2, 0.25) is 0 Å². The Kier molecular flexibility index (Phi) is 4.48. The molecule has 158 valence electrons. The summed E-state index contributed by atoms with van der Waals surface area (Å²) in [6.07, 6.45) is 8.39. The van der Waals surface area contributed by atoms with Crippen molar-refractivity contribution in [2.45, 2.75) is 51.0 Å². The predicted molar refractivity (Wildman–Crippen MR) is 106 cm³/mol. The molecule has 30 heavy (non-hydrogen) atoms. The average Bonchev–Trinajstić information content (AvgIpc) is 3.05. The maximum Gasteiger partial charge on any atom is 0.340 e. The van der Waals surface area contributed by atoms with E-state index in [-0.39, 0.29) is 11.1 Å². The van der Waals surface area contributed by atoms with Gasteiger partial charge >= 0.3 is 12.0 Å². The van der Waals surface area contributed by atoms with Crippen LogP contribution < -0.4 is 10.6 Å². The number of amides is 3. The summed E-state index contributed by atoms with van der Waals surface area (Å²) in [5, 5.41) is 13.3. The molecule has 0 radical (unpaired) electrons. The number of aromatic nitrogens is 3. The predicted octanol–water partition coefficient (Wildman–Crippen LogP) is 1.99. The van der Waals surface area contributed by atoms with Gasteiger partial charge in [0.05, 0.1) is 5.56 Å². The van der Waals surface area contributed by atoms with Crippen molar-refractivity contribution in [3.63, 3.8) is 0 Å². The molecule has 0 aliphatic heterocycles. The Hall–Kier alpha value is -2.97. The molecule has 4 bridgehead atoms. The lowest BCUT2D eigenvalue weighted by molar-refractivity contribution is -0.123. The van der Waals surface area contributed by atoms with Crippen LogP contribution in [0.15, 0.2) is 18.3 Å². The molecule has 6 rings (SSSR count). The zero-order valence-electron chi connectivity index (χ0n) is 16.9. The number of aryl methyl sites for hydroxylation is 1. The third-order valence-electron chi connectivity index (χ3n) is 6.81. The second-order valence-electron chi connectivity index (χ2n) is 9.17. The summed E-state index contributed by atoms with van der Waals surface area (Å²) in [7, 11) is 0. The molecule has 4 aliphatic rings. The van der Waals surface area contributed by atoms with Gasteiger partial charge in [-0.15, -0.1) is 10.2 Å². The minimum Gasteiger partial charge on any atom is -0.452 e. The number of pyridine rings is 1. The van der Waals surface area contributed by atoms with Gasteiger partial charge in [-0.3, -0.25) is 14.5 Å². The molecule has 4 saturated carbocycles. The fourth-order valence-electron chi connectivity index (χ4n) is 6.04. The molecule has 0 spiro atoms. The van der Waals surface area contributed by atoms with Crippen molar-refractivity contribution in [1.82, 2.24) is 25.2 Å². The maximum absolute atomic E-state index is 12.4. The SMILES string of the molecule is Cc1nnc2ccc(C(=O)OCC(=O)NC(=O)NC34CC5CC(CC(C5)C3)C4)cn12. The molecule has 0 aromatic carbocycles. The molecule has 9 nitrogen and oxygen atoms in total. The number of nitrogens with zero attached hydrogens (tertiary/aromatic N) is 3. The first-order chi connectivity index (χ1) is 14.4. The fraction of sp³-hybridized carbons (Fsp3) is 0.571. The number of urea groups is 1. The maximum atomic E-state index is 12.4. The molecular weight excluding hydrogens is 386 g/mol. The molecular formula is C21H25N5O4. The Balaban J connectivity index is 1.14. The summed E-state index contributed by atoms with van der Waals surface area (Å²) in [6, 6.07) is 2.71. The van der Waals surface area contributed by atoms with Crippen LogP contribution in [0.1, 0.15) is 54.7 Å². The highest BCUT2D eigenvalue weighted by Crippen LogP contribution is 2.55. The molecule has 2 heterocycles. The van der Waals surface area contributed by atoms with Gasteiger partial charge in [-0.05, 0) is 75.3 Å². The topological polar surface area (TPSA) is 115 Å².